The smallest absolute Gasteiger partial charge is 0.266 e. The van der Waals surface area contributed by atoms with Gasteiger partial charge in [0.2, 0.25) is 5.89 Å². The summed E-state index contributed by atoms with van der Waals surface area (Å²) in [7, 11) is 0. The minimum Gasteiger partial charge on any atom is -0.338 e. The molecular formula is C20H21FN4O. The van der Waals surface area contributed by atoms with Gasteiger partial charge in [0.05, 0.1) is 6.04 Å². The molecule has 0 bridgehead atoms. The van der Waals surface area contributed by atoms with Crippen molar-refractivity contribution in [2.45, 2.75) is 13.0 Å². The van der Waals surface area contributed by atoms with E-state index >= 15 is 0 Å². The van der Waals surface area contributed by atoms with E-state index in [2.05, 4.69) is 32.1 Å². The number of benzene rings is 2. The summed E-state index contributed by atoms with van der Waals surface area (Å²) >= 11 is 0. The van der Waals surface area contributed by atoms with Crippen LogP contribution in [0.4, 0.5) is 10.3 Å². The Kier molecular flexibility index (Phi) is 4.67. The number of aryl methyl sites for hydroxylation is 1. The van der Waals surface area contributed by atoms with Crippen molar-refractivity contribution in [3.05, 3.63) is 77.4 Å². The van der Waals surface area contributed by atoms with Crippen molar-refractivity contribution >= 4 is 5.95 Å². The molecule has 0 aliphatic carbocycles. The molecular weight excluding hydrogens is 331 g/mol. The number of anilines is 1. The molecule has 2 aromatic carbocycles. The Morgan fingerprint density at radius 1 is 0.962 bits per heavy atom. The zero-order chi connectivity index (χ0) is 17.9. The highest BCUT2D eigenvalue weighted by atomic mass is 19.1. The summed E-state index contributed by atoms with van der Waals surface area (Å²) < 4.78 is 19.6. The highest BCUT2D eigenvalue weighted by Crippen LogP contribution is 2.31. The number of nitrogens with zero attached hydrogens (tertiary/aromatic N) is 4. The van der Waals surface area contributed by atoms with Gasteiger partial charge in [0, 0.05) is 38.7 Å². The van der Waals surface area contributed by atoms with Gasteiger partial charge in [0.25, 0.3) is 5.95 Å². The fraction of sp³-hybridized carbons (Fsp3) is 0.300. The first-order valence-electron chi connectivity index (χ1n) is 8.81. The van der Waals surface area contributed by atoms with Crippen molar-refractivity contribution in [3.63, 3.8) is 0 Å². The molecule has 5 nitrogen and oxygen atoms in total. The van der Waals surface area contributed by atoms with Crippen LogP contribution in [0.15, 0.2) is 59.1 Å². The molecule has 0 saturated carbocycles. The molecule has 1 unspecified atom stereocenters. The van der Waals surface area contributed by atoms with Gasteiger partial charge in [0.15, 0.2) is 0 Å². The van der Waals surface area contributed by atoms with Crippen LogP contribution in [0.25, 0.3) is 0 Å². The fourth-order valence-electron chi connectivity index (χ4n) is 3.52. The number of halogens is 1. The summed E-state index contributed by atoms with van der Waals surface area (Å²) in [4.78, 5) is 8.73. The highest BCUT2D eigenvalue weighted by Gasteiger charge is 2.29. The van der Waals surface area contributed by atoms with E-state index < -0.39 is 0 Å². The van der Waals surface area contributed by atoms with E-state index in [1.54, 1.807) is 13.0 Å². The molecule has 0 amide bonds. The average Bonchev–Trinajstić information content (AvgIpc) is 3.11. The third-order valence-corrected chi connectivity index (χ3v) is 4.79. The largest absolute Gasteiger partial charge is 0.338 e. The predicted molar refractivity (Wildman–Crippen MR) is 97.5 cm³/mol. The molecule has 134 valence electrons. The molecule has 0 spiro atoms. The van der Waals surface area contributed by atoms with Crippen LogP contribution in [0.2, 0.25) is 0 Å². The normalized spacial score (nSPS) is 16.6. The van der Waals surface area contributed by atoms with Gasteiger partial charge in [-0.2, -0.15) is 4.98 Å². The van der Waals surface area contributed by atoms with Crippen LogP contribution < -0.4 is 4.90 Å². The average molecular weight is 352 g/mol. The lowest BCUT2D eigenvalue weighted by atomic mass is 9.96. The summed E-state index contributed by atoms with van der Waals surface area (Å²) in [5.74, 6) is 1.03. The summed E-state index contributed by atoms with van der Waals surface area (Å²) in [5, 5.41) is 4.00. The number of aromatic nitrogens is 2. The first kappa shape index (κ1) is 16.7. The van der Waals surface area contributed by atoms with Crippen LogP contribution in [-0.4, -0.2) is 41.2 Å². The fourth-order valence-corrected chi connectivity index (χ4v) is 3.52. The quantitative estimate of drug-likeness (QED) is 0.720. The van der Waals surface area contributed by atoms with E-state index in [4.69, 9.17) is 4.52 Å². The molecule has 26 heavy (non-hydrogen) atoms. The zero-order valence-corrected chi connectivity index (χ0v) is 14.7. The van der Waals surface area contributed by atoms with Gasteiger partial charge in [-0.15, -0.1) is 0 Å². The number of hydrogen-bond acceptors (Lipinski definition) is 5. The Hall–Kier alpha value is -2.73. The van der Waals surface area contributed by atoms with Crippen molar-refractivity contribution in [1.82, 2.24) is 15.0 Å². The molecule has 1 aliphatic rings. The lowest BCUT2D eigenvalue weighted by Crippen LogP contribution is -2.48. The molecule has 0 N–H and O–H groups in total. The Morgan fingerprint density at radius 3 is 2.31 bits per heavy atom. The Labute approximate surface area is 152 Å². The zero-order valence-electron chi connectivity index (χ0n) is 14.7. The number of rotatable bonds is 4. The third-order valence-electron chi connectivity index (χ3n) is 4.79. The van der Waals surface area contributed by atoms with Gasteiger partial charge in [0.1, 0.15) is 5.82 Å². The second kappa shape index (κ2) is 7.25. The Morgan fingerprint density at radius 2 is 1.65 bits per heavy atom. The Balaban J connectivity index is 1.59. The van der Waals surface area contributed by atoms with Crippen molar-refractivity contribution in [1.29, 1.82) is 0 Å². The highest BCUT2D eigenvalue weighted by molar-refractivity contribution is 5.34. The monoisotopic (exact) mass is 352 g/mol. The van der Waals surface area contributed by atoms with Gasteiger partial charge in [-0.3, -0.25) is 4.90 Å². The van der Waals surface area contributed by atoms with E-state index in [0.717, 1.165) is 31.7 Å². The van der Waals surface area contributed by atoms with Crippen molar-refractivity contribution in [3.8, 4) is 0 Å². The van der Waals surface area contributed by atoms with E-state index in [-0.39, 0.29) is 11.9 Å². The van der Waals surface area contributed by atoms with E-state index in [1.165, 1.54) is 6.07 Å². The lowest BCUT2D eigenvalue weighted by molar-refractivity contribution is 0.207. The first-order valence-corrected chi connectivity index (χ1v) is 8.81. The first-order chi connectivity index (χ1) is 12.7. The maximum Gasteiger partial charge on any atom is 0.266 e. The van der Waals surface area contributed by atoms with Gasteiger partial charge < -0.3 is 9.42 Å². The minimum atomic E-state index is -0.169. The van der Waals surface area contributed by atoms with Gasteiger partial charge in [-0.25, -0.2) is 4.39 Å². The summed E-state index contributed by atoms with van der Waals surface area (Å²) in [6, 6.07) is 17.0. The minimum absolute atomic E-state index is 0.105. The summed E-state index contributed by atoms with van der Waals surface area (Å²) in [6.45, 7) is 4.92. The number of piperazine rings is 1. The molecule has 4 rings (SSSR count). The molecule has 1 fully saturated rings. The summed E-state index contributed by atoms with van der Waals surface area (Å²) in [6.07, 6.45) is 0. The molecule has 1 atom stereocenters. The summed E-state index contributed by atoms with van der Waals surface area (Å²) in [5.41, 5.74) is 1.81. The Bertz CT molecular complexity index is 859. The molecule has 1 aliphatic heterocycles. The van der Waals surface area contributed by atoms with E-state index in [9.17, 15) is 4.39 Å². The van der Waals surface area contributed by atoms with E-state index in [0.29, 0.717) is 17.4 Å². The lowest BCUT2D eigenvalue weighted by Gasteiger charge is -2.39. The molecule has 0 radical (unpaired) electrons. The molecule has 2 heterocycles. The van der Waals surface area contributed by atoms with E-state index in [1.807, 2.05) is 30.3 Å². The maximum atomic E-state index is 14.6. The van der Waals surface area contributed by atoms with Crippen LogP contribution in [0.3, 0.4) is 0 Å². The molecule has 1 aromatic heterocycles. The molecule has 1 saturated heterocycles. The second-order valence-electron chi connectivity index (χ2n) is 6.47. The SMILES string of the molecule is Cc1nc(N2CCN(C(c3ccccc3)c3ccccc3F)CC2)no1. The molecule has 3 aromatic rings. The number of hydrogen-bond donors (Lipinski definition) is 0. The van der Waals surface area contributed by atoms with Crippen molar-refractivity contribution in [2.24, 2.45) is 0 Å². The van der Waals surface area contributed by atoms with Crippen LogP contribution in [0, 0.1) is 12.7 Å². The molecule has 6 heteroatoms. The van der Waals surface area contributed by atoms with Gasteiger partial charge in [-0.05, 0) is 16.8 Å². The van der Waals surface area contributed by atoms with Gasteiger partial charge in [-0.1, -0.05) is 48.5 Å². The maximum absolute atomic E-state index is 14.6. The topological polar surface area (TPSA) is 45.4 Å². The van der Waals surface area contributed by atoms with Crippen molar-refractivity contribution in [2.75, 3.05) is 31.1 Å². The van der Waals surface area contributed by atoms with Crippen LogP contribution in [0.1, 0.15) is 23.1 Å². The third kappa shape index (κ3) is 3.32. The van der Waals surface area contributed by atoms with Crippen LogP contribution >= 0.6 is 0 Å². The standard InChI is InChI=1S/C20H21FN4O/c1-15-22-20(23-26-15)25-13-11-24(12-14-25)19(16-7-3-2-4-8-16)17-9-5-6-10-18(17)21/h2-10,19H,11-14H2,1H3. The second-order valence-corrected chi connectivity index (χ2v) is 6.47. The van der Waals surface area contributed by atoms with Crippen LogP contribution in [0.5, 0.6) is 0 Å². The van der Waals surface area contributed by atoms with Gasteiger partial charge >= 0.3 is 0 Å². The van der Waals surface area contributed by atoms with Crippen molar-refractivity contribution < 1.29 is 8.91 Å². The van der Waals surface area contributed by atoms with Crippen LogP contribution in [-0.2, 0) is 0 Å². The predicted octanol–water partition coefficient (Wildman–Crippen LogP) is 3.43.